The van der Waals surface area contributed by atoms with E-state index < -0.39 is 17.8 Å². The Morgan fingerprint density at radius 3 is 2.61 bits per heavy atom. The van der Waals surface area contributed by atoms with E-state index in [2.05, 4.69) is 26.6 Å². The van der Waals surface area contributed by atoms with Gasteiger partial charge in [-0.15, -0.1) is 0 Å². The van der Waals surface area contributed by atoms with Gasteiger partial charge in [-0.25, -0.2) is 9.18 Å². The van der Waals surface area contributed by atoms with Crippen LogP contribution in [0.3, 0.4) is 0 Å². The molecule has 2 aromatic rings. The van der Waals surface area contributed by atoms with Crippen molar-refractivity contribution in [3.05, 3.63) is 70.1 Å². The van der Waals surface area contributed by atoms with Crippen molar-refractivity contribution in [2.45, 2.75) is 18.9 Å². The summed E-state index contributed by atoms with van der Waals surface area (Å²) in [6.45, 7) is 0.641. The van der Waals surface area contributed by atoms with Crippen LogP contribution in [0, 0.1) is 5.82 Å². The average Bonchev–Trinajstić information content (AvgIpc) is 3.18. The molecule has 9 heteroatoms. The second kappa shape index (κ2) is 8.50. The van der Waals surface area contributed by atoms with Crippen molar-refractivity contribution in [2.75, 3.05) is 23.8 Å². The average molecular weight is 487 g/mol. The third-order valence-electron chi connectivity index (χ3n) is 5.28. The predicted octanol–water partition coefficient (Wildman–Crippen LogP) is 3.93. The highest BCUT2D eigenvalue weighted by atomic mass is 79.9. The first-order valence-electron chi connectivity index (χ1n) is 9.75. The predicted molar refractivity (Wildman–Crippen MR) is 118 cm³/mol. The van der Waals surface area contributed by atoms with Crippen molar-refractivity contribution in [1.82, 2.24) is 10.2 Å². The highest BCUT2D eigenvalue weighted by Crippen LogP contribution is 2.32. The van der Waals surface area contributed by atoms with Crippen molar-refractivity contribution in [1.29, 1.82) is 0 Å². The Bertz CT molecular complexity index is 1090. The summed E-state index contributed by atoms with van der Waals surface area (Å²) in [5, 5.41) is 5.63. The van der Waals surface area contributed by atoms with E-state index in [1.54, 1.807) is 24.1 Å². The number of halogens is 2. The summed E-state index contributed by atoms with van der Waals surface area (Å²) in [4.78, 5) is 40.4. The molecule has 1 unspecified atom stereocenters. The lowest BCUT2D eigenvalue weighted by molar-refractivity contribution is -0.117. The van der Waals surface area contributed by atoms with Crippen LogP contribution in [0.4, 0.5) is 20.6 Å². The van der Waals surface area contributed by atoms with E-state index in [0.29, 0.717) is 39.9 Å². The Kier molecular flexibility index (Phi) is 5.77. The lowest BCUT2D eigenvalue weighted by atomic mass is 9.97. The summed E-state index contributed by atoms with van der Waals surface area (Å²) < 4.78 is 14.0. The number of rotatable bonds is 4. The Hall–Kier alpha value is -3.20. The Labute approximate surface area is 187 Å². The topological polar surface area (TPSA) is 81.8 Å². The van der Waals surface area contributed by atoms with Gasteiger partial charge in [0.2, 0.25) is 5.91 Å². The molecule has 2 heterocycles. The standard InChI is InChI=1S/C22H20BrFN4O3/c1-27-12-16(20(26-22(27)31)13-4-6-14(24)7-5-13)21(30)25-18-11-15(8-9-17(18)23)28-10-2-3-19(28)29/h4-9,11-12,20H,2-3,10H2,1H3,(H,25,30)(H,26,31). The Morgan fingerprint density at radius 1 is 1.19 bits per heavy atom. The molecule has 7 nitrogen and oxygen atoms in total. The fraction of sp³-hybridized carbons (Fsp3) is 0.227. The van der Waals surface area contributed by atoms with Crippen LogP contribution in [-0.2, 0) is 9.59 Å². The Balaban J connectivity index is 1.63. The number of benzene rings is 2. The zero-order valence-electron chi connectivity index (χ0n) is 16.7. The molecule has 4 amide bonds. The molecule has 1 saturated heterocycles. The quantitative estimate of drug-likeness (QED) is 0.686. The van der Waals surface area contributed by atoms with Crippen LogP contribution in [0.25, 0.3) is 0 Å². The zero-order chi connectivity index (χ0) is 22.1. The molecule has 160 valence electrons. The van der Waals surface area contributed by atoms with E-state index in [1.807, 2.05) is 6.07 Å². The van der Waals surface area contributed by atoms with E-state index in [4.69, 9.17) is 0 Å². The molecule has 2 aliphatic rings. The van der Waals surface area contributed by atoms with E-state index in [0.717, 1.165) is 6.42 Å². The fourth-order valence-electron chi connectivity index (χ4n) is 3.65. The lowest BCUT2D eigenvalue weighted by Gasteiger charge is -2.30. The summed E-state index contributed by atoms with van der Waals surface area (Å²) in [6.07, 6.45) is 2.77. The van der Waals surface area contributed by atoms with Crippen LogP contribution in [0.1, 0.15) is 24.4 Å². The minimum absolute atomic E-state index is 0.0512. The Morgan fingerprint density at radius 2 is 1.94 bits per heavy atom. The van der Waals surface area contributed by atoms with E-state index in [1.165, 1.54) is 35.4 Å². The van der Waals surface area contributed by atoms with Gasteiger partial charge in [-0.2, -0.15) is 0 Å². The van der Waals surface area contributed by atoms with Crippen molar-refractivity contribution < 1.29 is 18.8 Å². The smallest absolute Gasteiger partial charge is 0.321 e. The SMILES string of the molecule is CN1C=C(C(=O)Nc2cc(N3CCCC3=O)ccc2Br)C(c2ccc(F)cc2)NC1=O. The summed E-state index contributed by atoms with van der Waals surface area (Å²) in [7, 11) is 1.54. The summed E-state index contributed by atoms with van der Waals surface area (Å²) in [5.74, 6) is -0.780. The van der Waals surface area contributed by atoms with Gasteiger partial charge in [0.15, 0.2) is 0 Å². The normalized spacial score (nSPS) is 18.7. The van der Waals surface area contributed by atoms with E-state index in [9.17, 15) is 18.8 Å². The second-order valence-electron chi connectivity index (χ2n) is 7.40. The third kappa shape index (κ3) is 4.32. The number of carbonyl (C=O) groups excluding carboxylic acids is 3. The number of anilines is 2. The third-order valence-corrected chi connectivity index (χ3v) is 5.97. The number of nitrogens with one attached hydrogen (secondary N) is 2. The number of hydrogen-bond acceptors (Lipinski definition) is 3. The molecule has 0 saturated carbocycles. The molecule has 4 rings (SSSR count). The van der Waals surface area contributed by atoms with Gasteiger partial charge >= 0.3 is 6.03 Å². The van der Waals surface area contributed by atoms with Crippen LogP contribution in [0.5, 0.6) is 0 Å². The van der Waals surface area contributed by atoms with E-state index >= 15 is 0 Å². The molecule has 1 atom stereocenters. The monoisotopic (exact) mass is 486 g/mol. The molecular weight excluding hydrogens is 467 g/mol. The minimum Gasteiger partial charge on any atom is -0.327 e. The van der Waals surface area contributed by atoms with Gasteiger partial charge in [0.25, 0.3) is 5.91 Å². The second-order valence-corrected chi connectivity index (χ2v) is 8.25. The molecule has 2 aromatic carbocycles. The molecule has 1 fully saturated rings. The van der Waals surface area contributed by atoms with Gasteiger partial charge in [-0.05, 0) is 58.2 Å². The number of amides is 4. The van der Waals surface area contributed by atoms with Gasteiger partial charge in [0, 0.05) is 36.4 Å². The number of nitrogens with zero attached hydrogens (tertiary/aromatic N) is 2. The first kappa shape index (κ1) is 21.0. The molecule has 2 aliphatic heterocycles. The van der Waals surface area contributed by atoms with Crippen LogP contribution in [0.2, 0.25) is 0 Å². The fourth-order valence-corrected chi connectivity index (χ4v) is 3.99. The number of urea groups is 1. The number of carbonyl (C=O) groups is 3. The highest BCUT2D eigenvalue weighted by Gasteiger charge is 2.31. The lowest BCUT2D eigenvalue weighted by Crippen LogP contribution is -2.44. The zero-order valence-corrected chi connectivity index (χ0v) is 18.3. The van der Waals surface area contributed by atoms with E-state index in [-0.39, 0.29) is 11.9 Å². The maximum atomic E-state index is 13.4. The number of hydrogen-bond donors (Lipinski definition) is 2. The van der Waals surface area contributed by atoms with Crippen molar-refractivity contribution in [3.63, 3.8) is 0 Å². The van der Waals surface area contributed by atoms with Gasteiger partial charge in [0.05, 0.1) is 17.3 Å². The molecule has 2 N–H and O–H groups in total. The summed E-state index contributed by atoms with van der Waals surface area (Å²) >= 11 is 3.44. The summed E-state index contributed by atoms with van der Waals surface area (Å²) in [5.41, 5.74) is 2.09. The van der Waals surface area contributed by atoms with Crippen LogP contribution < -0.4 is 15.5 Å². The molecule has 0 bridgehead atoms. The van der Waals surface area contributed by atoms with Gasteiger partial charge < -0.3 is 20.4 Å². The largest absolute Gasteiger partial charge is 0.327 e. The maximum absolute atomic E-state index is 13.4. The minimum atomic E-state index is -0.730. The molecule has 0 radical (unpaired) electrons. The highest BCUT2D eigenvalue weighted by molar-refractivity contribution is 9.10. The van der Waals surface area contributed by atoms with Gasteiger partial charge in [-0.3, -0.25) is 9.59 Å². The molecule has 31 heavy (non-hydrogen) atoms. The van der Waals surface area contributed by atoms with Crippen LogP contribution in [0.15, 0.2) is 58.7 Å². The molecular formula is C22H20BrFN4O3. The molecule has 0 aliphatic carbocycles. The molecule has 0 aromatic heterocycles. The first-order chi connectivity index (χ1) is 14.8. The maximum Gasteiger partial charge on any atom is 0.321 e. The van der Waals surface area contributed by atoms with Crippen LogP contribution in [-0.4, -0.2) is 36.3 Å². The van der Waals surface area contributed by atoms with Crippen molar-refractivity contribution in [2.24, 2.45) is 0 Å². The van der Waals surface area contributed by atoms with Gasteiger partial charge in [0.1, 0.15) is 5.82 Å². The van der Waals surface area contributed by atoms with Crippen LogP contribution >= 0.6 is 15.9 Å². The van der Waals surface area contributed by atoms with Gasteiger partial charge in [-0.1, -0.05) is 12.1 Å². The molecule has 0 spiro atoms. The summed E-state index contributed by atoms with van der Waals surface area (Å²) in [6, 6.07) is 9.85. The first-order valence-corrected chi connectivity index (χ1v) is 10.5. The van der Waals surface area contributed by atoms with Crippen molar-refractivity contribution >= 4 is 45.2 Å². The van der Waals surface area contributed by atoms with Crippen molar-refractivity contribution in [3.8, 4) is 0 Å².